The number of aromatic nitrogens is 1. The van der Waals surface area contributed by atoms with Crippen LogP contribution in [0.3, 0.4) is 0 Å². The van der Waals surface area contributed by atoms with Crippen molar-refractivity contribution in [1.29, 1.82) is 0 Å². The first-order valence-electron chi connectivity index (χ1n) is 8.86. The molecule has 2 heterocycles. The van der Waals surface area contributed by atoms with Crippen LogP contribution in [-0.2, 0) is 0 Å². The summed E-state index contributed by atoms with van der Waals surface area (Å²) in [6, 6.07) is 12.7. The molecule has 0 saturated carbocycles. The average molecular weight is 371 g/mol. The molecule has 134 valence electrons. The van der Waals surface area contributed by atoms with E-state index >= 15 is 0 Å². The molecule has 3 aromatic rings. The summed E-state index contributed by atoms with van der Waals surface area (Å²) in [6.07, 6.45) is 1.72. The van der Waals surface area contributed by atoms with Gasteiger partial charge in [0.2, 0.25) is 0 Å². The molecule has 2 aromatic carbocycles. The minimum absolute atomic E-state index is 0.0177. The van der Waals surface area contributed by atoms with E-state index in [-0.39, 0.29) is 16.5 Å². The molecule has 0 bridgehead atoms. The Morgan fingerprint density at radius 2 is 1.88 bits per heavy atom. The Labute approximate surface area is 156 Å². The number of hydrogen-bond donors (Lipinski definition) is 1. The second-order valence-electron chi connectivity index (χ2n) is 6.87. The number of likely N-dealkylation sites (tertiary alicyclic amines) is 1. The van der Waals surface area contributed by atoms with Crippen molar-refractivity contribution < 1.29 is 9.18 Å². The van der Waals surface area contributed by atoms with Crippen molar-refractivity contribution in [2.75, 3.05) is 13.1 Å². The smallest absolute Gasteiger partial charge is 0.258 e. The van der Waals surface area contributed by atoms with E-state index < -0.39 is 5.82 Å². The van der Waals surface area contributed by atoms with Gasteiger partial charge in [-0.15, -0.1) is 0 Å². The molecule has 1 aliphatic heterocycles. The predicted molar refractivity (Wildman–Crippen MR) is 102 cm³/mol. The molecule has 4 rings (SSSR count). The van der Waals surface area contributed by atoms with E-state index in [1.165, 1.54) is 28.8 Å². The Bertz CT molecular complexity index is 953. The fourth-order valence-electron chi connectivity index (χ4n) is 4.06. The second-order valence-corrected chi connectivity index (χ2v) is 7.28. The van der Waals surface area contributed by atoms with Crippen LogP contribution in [0, 0.1) is 12.7 Å². The van der Waals surface area contributed by atoms with E-state index in [4.69, 9.17) is 11.6 Å². The number of piperidine rings is 1. The molecule has 0 unspecified atom stereocenters. The van der Waals surface area contributed by atoms with Gasteiger partial charge >= 0.3 is 0 Å². The average Bonchev–Trinajstić information content (AvgIpc) is 2.97. The molecule has 0 atom stereocenters. The molecular formula is C21H20ClFN2O. The van der Waals surface area contributed by atoms with Crippen LogP contribution in [0.15, 0.2) is 42.5 Å². The van der Waals surface area contributed by atoms with Gasteiger partial charge < -0.3 is 9.88 Å². The van der Waals surface area contributed by atoms with Crippen molar-refractivity contribution in [3.8, 4) is 0 Å². The Balaban J connectivity index is 1.54. The molecule has 1 saturated heterocycles. The van der Waals surface area contributed by atoms with Gasteiger partial charge in [0.05, 0.1) is 10.6 Å². The minimum atomic E-state index is -0.558. The Morgan fingerprint density at radius 1 is 1.15 bits per heavy atom. The number of nitrogens with zero attached hydrogens (tertiary/aromatic N) is 1. The van der Waals surface area contributed by atoms with Crippen molar-refractivity contribution in [1.82, 2.24) is 9.88 Å². The summed E-state index contributed by atoms with van der Waals surface area (Å²) >= 11 is 6.05. The summed E-state index contributed by atoms with van der Waals surface area (Å²) in [5.74, 6) is -0.481. The number of hydrogen-bond acceptors (Lipinski definition) is 1. The number of amides is 1. The Morgan fingerprint density at radius 3 is 2.62 bits per heavy atom. The zero-order valence-electron chi connectivity index (χ0n) is 14.6. The van der Waals surface area contributed by atoms with Gasteiger partial charge in [0.25, 0.3) is 5.91 Å². The van der Waals surface area contributed by atoms with Crippen LogP contribution in [0.25, 0.3) is 10.9 Å². The third-order valence-electron chi connectivity index (χ3n) is 5.31. The van der Waals surface area contributed by atoms with Gasteiger partial charge in [-0.25, -0.2) is 4.39 Å². The SMILES string of the molecule is Cc1[nH]c2ccccc2c1C1CCN(C(=O)c2c(F)cccc2Cl)CC1. The number of fused-ring (bicyclic) bond motifs is 1. The number of halogens is 2. The normalized spacial score (nSPS) is 15.6. The highest BCUT2D eigenvalue weighted by molar-refractivity contribution is 6.33. The first-order valence-corrected chi connectivity index (χ1v) is 9.24. The third kappa shape index (κ3) is 2.88. The predicted octanol–water partition coefficient (Wildman–Crippen LogP) is 5.29. The number of benzene rings is 2. The van der Waals surface area contributed by atoms with Crippen molar-refractivity contribution in [2.24, 2.45) is 0 Å². The monoisotopic (exact) mass is 370 g/mol. The zero-order chi connectivity index (χ0) is 18.3. The van der Waals surface area contributed by atoms with Crippen LogP contribution < -0.4 is 0 Å². The van der Waals surface area contributed by atoms with Gasteiger partial charge in [-0.3, -0.25) is 4.79 Å². The fraction of sp³-hybridized carbons (Fsp3) is 0.286. The third-order valence-corrected chi connectivity index (χ3v) is 5.63. The molecule has 1 amide bonds. The highest BCUT2D eigenvalue weighted by Crippen LogP contribution is 2.36. The van der Waals surface area contributed by atoms with E-state index in [2.05, 4.69) is 30.1 Å². The molecule has 3 nitrogen and oxygen atoms in total. The number of carbonyl (C=O) groups excluding carboxylic acids is 1. The van der Waals surface area contributed by atoms with Gasteiger partial charge in [0, 0.05) is 29.7 Å². The van der Waals surface area contributed by atoms with Crippen LogP contribution in [0.1, 0.15) is 40.4 Å². The Hall–Kier alpha value is -2.33. The minimum Gasteiger partial charge on any atom is -0.358 e. The van der Waals surface area contributed by atoms with Crippen molar-refractivity contribution in [3.05, 3.63) is 70.1 Å². The fourth-order valence-corrected chi connectivity index (χ4v) is 4.30. The van der Waals surface area contributed by atoms with Crippen molar-refractivity contribution in [3.63, 3.8) is 0 Å². The summed E-state index contributed by atoms with van der Waals surface area (Å²) in [5.41, 5.74) is 3.66. The number of H-pyrrole nitrogens is 1. The summed E-state index contributed by atoms with van der Waals surface area (Å²) in [5, 5.41) is 1.43. The number of carbonyl (C=O) groups is 1. The highest BCUT2D eigenvalue weighted by atomic mass is 35.5. The largest absolute Gasteiger partial charge is 0.358 e. The number of rotatable bonds is 2. The summed E-state index contributed by atoms with van der Waals surface area (Å²) in [6.45, 7) is 3.31. The van der Waals surface area contributed by atoms with E-state index in [9.17, 15) is 9.18 Å². The topological polar surface area (TPSA) is 36.1 Å². The maximum absolute atomic E-state index is 14.0. The van der Waals surface area contributed by atoms with Crippen LogP contribution in [0.4, 0.5) is 4.39 Å². The molecule has 5 heteroatoms. The first-order chi connectivity index (χ1) is 12.6. The maximum atomic E-state index is 14.0. The number of nitrogens with one attached hydrogen (secondary N) is 1. The molecule has 0 aliphatic carbocycles. The van der Waals surface area contributed by atoms with Crippen molar-refractivity contribution in [2.45, 2.75) is 25.7 Å². The van der Waals surface area contributed by atoms with E-state index in [1.807, 2.05) is 6.07 Å². The highest BCUT2D eigenvalue weighted by Gasteiger charge is 2.29. The summed E-state index contributed by atoms with van der Waals surface area (Å²) in [7, 11) is 0. The number of aryl methyl sites for hydroxylation is 1. The Kier molecular flexibility index (Phi) is 4.45. The lowest BCUT2D eigenvalue weighted by atomic mass is 9.87. The summed E-state index contributed by atoms with van der Waals surface area (Å²) in [4.78, 5) is 17.9. The lowest BCUT2D eigenvalue weighted by molar-refractivity contribution is 0.0708. The molecule has 0 spiro atoms. The molecular weight excluding hydrogens is 351 g/mol. The first kappa shape index (κ1) is 17.1. The van der Waals surface area contributed by atoms with Crippen LogP contribution in [0.2, 0.25) is 5.02 Å². The van der Waals surface area contributed by atoms with Crippen LogP contribution >= 0.6 is 11.6 Å². The van der Waals surface area contributed by atoms with Crippen molar-refractivity contribution >= 4 is 28.4 Å². The molecule has 26 heavy (non-hydrogen) atoms. The molecule has 1 aliphatic rings. The lowest BCUT2D eigenvalue weighted by Gasteiger charge is -2.32. The van der Waals surface area contributed by atoms with E-state index in [0.717, 1.165) is 18.4 Å². The van der Waals surface area contributed by atoms with Gasteiger partial charge in [0.15, 0.2) is 0 Å². The molecule has 1 fully saturated rings. The van der Waals surface area contributed by atoms with E-state index in [0.29, 0.717) is 19.0 Å². The second kappa shape index (κ2) is 6.76. The van der Waals surface area contributed by atoms with Gasteiger partial charge in [0.1, 0.15) is 5.82 Å². The van der Waals surface area contributed by atoms with Gasteiger partial charge in [-0.1, -0.05) is 35.9 Å². The number of aromatic amines is 1. The van der Waals surface area contributed by atoms with Crippen LogP contribution in [-0.4, -0.2) is 28.9 Å². The molecule has 1 aromatic heterocycles. The molecule has 1 N–H and O–H groups in total. The van der Waals surface area contributed by atoms with Crippen LogP contribution in [0.5, 0.6) is 0 Å². The zero-order valence-corrected chi connectivity index (χ0v) is 15.3. The summed E-state index contributed by atoms with van der Waals surface area (Å²) < 4.78 is 14.0. The lowest BCUT2D eigenvalue weighted by Crippen LogP contribution is -2.38. The van der Waals surface area contributed by atoms with Gasteiger partial charge in [-0.05, 0) is 49.4 Å². The van der Waals surface area contributed by atoms with E-state index in [1.54, 1.807) is 11.0 Å². The maximum Gasteiger partial charge on any atom is 0.258 e. The van der Waals surface area contributed by atoms with Gasteiger partial charge in [-0.2, -0.15) is 0 Å². The number of para-hydroxylation sites is 1. The molecule has 0 radical (unpaired) electrons. The quantitative estimate of drug-likeness (QED) is 0.653. The standard InChI is InChI=1S/C21H20ClFN2O/c1-13-19(15-5-2-3-8-18(15)24-13)14-9-11-25(12-10-14)21(26)20-16(22)6-4-7-17(20)23/h2-8,14,24H,9-12H2,1H3.